The minimum absolute atomic E-state index is 0.0481. The van der Waals surface area contributed by atoms with E-state index in [1.54, 1.807) is 7.11 Å². The SMILES string of the molecule is COc1ccc(C)cc1CCNC(=O)c1ccc(OC)c(S(=O)(=O)N(C)C)c1. The van der Waals surface area contributed by atoms with Gasteiger partial charge in [-0.1, -0.05) is 17.7 Å². The van der Waals surface area contributed by atoms with Crippen LogP contribution in [0, 0.1) is 6.92 Å². The monoisotopic (exact) mass is 406 g/mol. The van der Waals surface area contributed by atoms with Crippen LogP contribution in [-0.4, -0.2) is 53.5 Å². The minimum Gasteiger partial charge on any atom is -0.496 e. The lowest BCUT2D eigenvalue weighted by molar-refractivity contribution is 0.0953. The molecule has 0 aliphatic rings. The third-order valence-corrected chi connectivity index (χ3v) is 6.14. The minimum atomic E-state index is -3.74. The van der Waals surface area contributed by atoms with E-state index >= 15 is 0 Å². The maximum absolute atomic E-state index is 12.5. The highest BCUT2D eigenvalue weighted by Gasteiger charge is 2.23. The smallest absolute Gasteiger partial charge is 0.251 e. The topological polar surface area (TPSA) is 84.9 Å². The van der Waals surface area contributed by atoms with Gasteiger partial charge in [-0.2, -0.15) is 0 Å². The Balaban J connectivity index is 2.16. The van der Waals surface area contributed by atoms with E-state index in [0.717, 1.165) is 21.2 Å². The van der Waals surface area contributed by atoms with E-state index in [-0.39, 0.29) is 22.1 Å². The summed E-state index contributed by atoms with van der Waals surface area (Å²) in [4.78, 5) is 12.5. The van der Waals surface area contributed by atoms with Gasteiger partial charge in [0, 0.05) is 26.2 Å². The number of carbonyl (C=O) groups excluding carboxylic acids is 1. The van der Waals surface area contributed by atoms with E-state index < -0.39 is 10.0 Å². The number of hydrogen-bond acceptors (Lipinski definition) is 5. The summed E-state index contributed by atoms with van der Waals surface area (Å²) in [6.45, 7) is 2.38. The first kappa shape index (κ1) is 21.7. The van der Waals surface area contributed by atoms with Crippen molar-refractivity contribution in [2.75, 3.05) is 34.9 Å². The van der Waals surface area contributed by atoms with E-state index in [2.05, 4.69) is 5.32 Å². The Bertz CT molecular complexity index is 955. The van der Waals surface area contributed by atoms with Crippen LogP contribution in [0.1, 0.15) is 21.5 Å². The Morgan fingerprint density at radius 1 is 1.04 bits per heavy atom. The molecule has 0 radical (unpaired) electrons. The van der Waals surface area contributed by atoms with Crippen LogP contribution in [0.4, 0.5) is 0 Å². The summed E-state index contributed by atoms with van der Waals surface area (Å²) in [5.74, 6) is 0.600. The second-order valence-corrected chi connectivity index (χ2v) is 8.59. The van der Waals surface area contributed by atoms with E-state index in [4.69, 9.17) is 9.47 Å². The summed E-state index contributed by atoms with van der Waals surface area (Å²) in [6.07, 6.45) is 0.593. The third kappa shape index (κ3) is 4.82. The van der Waals surface area contributed by atoms with Crippen molar-refractivity contribution in [3.8, 4) is 11.5 Å². The molecular weight excluding hydrogens is 380 g/mol. The number of amides is 1. The van der Waals surface area contributed by atoms with Crippen LogP contribution in [0.15, 0.2) is 41.3 Å². The Hall–Kier alpha value is -2.58. The van der Waals surface area contributed by atoms with Gasteiger partial charge in [0.15, 0.2) is 0 Å². The standard InChI is InChI=1S/C20H26N2O5S/c1-14-6-8-17(26-4)15(12-14)10-11-21-20(23)16-7-9-18(27-5)19(13-16)28(24,25)22(2)3/h6-9,12-13H,10-11H2,1-5H3,(H,21,23). The molecule has 0 unspecified atom stereocenters. The van der Waals surface area contributed by atoms with Gasteiger partial charge in [0.2, 0.25) is 10.0 Å². The number of rotatable bonds is 8. The predicted molar refractivity (Wildman–Crippen MR) is 108 cm³/mol. The summed E-state index contributed by atoms with van der Waals surface area (Å²) >= 11 is 0. The summed E-state index contributed by atoms with van der Waals surface area (Å²) in [6, 6.07) is 10.2. The van der Waals surface area contributed by atoms with Gasteiger partial charge in [-0.15, -0.1) is 0 Å². The molecule has 0 atom stereocenters. The van der Waals surface area contributed by atoms with Gasteiger partial charge in [0.1, 0.15) is 16.4 Å². The Kier molecular flexibility index (Phi) is 7.04. The van der Waals surface area contributed by atoms with Crippen molar-refractivity contribution in [1.82, 2.24) is 9.62 Å². The summed E-state index contributed by atoms with van der Waals surface area (Å²) < 4.78 is 36.5. The predicted octanol–water partition coefficient (Wildman–Crippen LogP) is 2.24. The quantitative estimate of drug-likeness (QED) is 0.727. The average Bonchev–Trinajstić information content (AvgIpc) is 2.67. The summed E-state index contributed by atoms with van der Waals surface area (Å²) in [5, 5.41) is 2.82. The molecular formula is C20H26N2O5S. The molecule has 1 amide bonds. The van der Waals surface area contributed by atoms with Crippen LogP contribution >= 0.6 is 0 Å². The highest BCUT2D eigenvalue weighted by molar-refractivity contribution is 7.89. The van der Waals surface area contributed by atoms with Crippen molar-refractivity contribution in [2.45, 2.75) is 18.2 Å². The molecule has 152 valence electrons. The molecule has 7 nitrogen and oxygen atoms in total. The van der Waals surface area contributed by atoms with Crippen molar-refractivity contribution in [1.29, 1.82) is 0 Å². The lowest BCUT2D eigenvalue weighted by Gasteiger charge is -2.15. The number of nitrogens with one attached hydrogen (secondary N) is 1. The van der Waals surface area contributed by atoms with Gasteiger partial charge in [0.05, 0.1) is 14.2 Å². The first-order chi connectivity index (χ1) is 13.2. The highest BCUT2D eigenvalue weighted by Crippen LogP contribution is 2.27. The molecule has 0 spiro atoms. The summed E-state index contributed by atoms with van der Waals surface area (Å²) in [7, 11) is 2.11. The maximum atomic E-state index is 12.5. The highest BCUT2D eigenvalue weighted by atomic mass is 32.2. The first-order valence-electron chi connectivity index (χ1n) is 8.73. The van der Waals surface area contributed by atoms with E-state index in [0.29, 0.717) is 13.0 Å². The van der Waals surface area contributed by atoms with Crippen LogP contribution in [0.5, 0.6) is 11.5 Å². The Morgan fingerprint density at radius 3 is 2.29 bits per heavy atom. The molecule has 0 heterocycles. The molecule has 0 saturated heterocycles. The Labute approximate surface area is 166 Å². The third-order valence-electron chi connectivity index (χ3n) is 4.30. The van der Waals surface area contributed by atoms with Crippen molar-refractivity contribution < 1.29 is 22.7 Å². The van der Waals surface area contributed by atoms with Gasteiger partial charge in [-0.05, 0) is 43.2 Å². The number of methoxy groups -OCH3 is 2. The molecule has 2 rings (SSSR count). The van der Waals surface area contributed by atoms with Crippen LogP contribution in [0.3, 0.4) is 0 Å². The maximum Gasteiger partial charge on any atom is 0.251 e. The number of aryl methyl sites for hydroxylation is 1. The van der Waals surface area contributed by atoms with Gasteiger partial charge >= 0.3 is 0 Å². The second kappa shape index (κ2) is 9.07. The van der Waals surface area contributed by atoms with Crippen molar-refractivity contribution >= 4 is 15.9 Å². The molecule has 0 aliphatic heterocycles. The van der Waals surface area contributed by atoms with Gasteiger partial charge < -0.3 is 14.8 Å². The number of carbonyl (C=O) groups is 1. The van der Waals surface area contributed by atoms with Crippen LogP contribution in [-0.2, 0) is 16.4 Å². The zero-order chi connectivity index (χ0) is 20.9. The zero-order valence-electron chi connectivity index (χ0n) is 16.8. The van der Waals surface area contributed by atoms with Crippen molar-refractivity contribution in [2.24, 2.45) is 0 Å². The summed E-state index contributed by atoms with van der Waals surface area (Å²) in [5.41, 5.74) is 2.35. The molecule has 0 aliphatic carbocycles. The lowest BCUT2D eigenvalue weighted by atomic mass is 10.1. The van der Waals surface area contributed by atoms with Crippen molar-refractivity contribution in [3.63, 3.8) is 0 Å². The second-order valence-electron chi connectivity index (χ2n) is 6.47. The molecule has 0 saturated carbocycles. The van der Waals surface area contributed by atoms with Gasteiger partial charge in [-0.25, -0.2) is 12.7 Å². The zero-order valence-corrected chi connectivity index (χ0v) is 17.6. The fourth-order valence-corrected chi connectivity index (χ4v) is 3.81. The number of hydrogen-bond donors (Lipinski definition) is 1. The van der Waals surface area contributed by atoms with Crippen LogP contribution in [0.2, 0.25) is 0 Å². The van der Waals surface area contributed by atoms with Gasteiger partial charge in [-0.3, -0.25) is 4.79 Å². The molecule has 8 heteroatoms. The van der Waals surface area contributed by atoms with Crippen LogP contribution in [0.25, 0.3) is 0 Å². The molecule has 28 heavy (non-hydrogen) atoms. The molecule has 2 aromatic rings. The fourth-order valence-electron chi connectivity index (χ4n) is 2.73. The number of sulfonamides is 1. The number of nitrogens with zero attached hydrogens (tertiary/aromatic N) is 1. The van der Waals surface area contributed by atoms with Gasteiger partial charge in [0.25, 0.3) is 5.91 Å². The Morgan fingerprint density at radius 2 is 1.68 bits per heavy atom. The largest absolute Gasteiger partial charge is 0.496 e. The molecule has 2 aromatic carbocycles. The molecule has 0 bridgehead atoms. The lowest BCUT2D eigenvalue weighted by Crippen LogP contribution is -2.27. The number of benzene rings is 2. The van der Waals surface area contributed by atoms with E-state index in [1.165, 1.54) is 39.4 Å². The average molecular weight is 407 g/mol. The van der Waals surface area contributed by atoms with E-state index in [9.17, 15) is 13.2 Å². The van der Waals surface area contributed by atoms with E-state index in [1.807, 2.05) is 25.1 Å². The normalized spacial score (nSPS) is 11.4. The van der Waals surface area contributed by atoms with Crippen LogP contribution < -0.4 is 14.8 Å². The van der Waals surface area contributed by atoms with Crippen molar-refractivity contribution in [3.05, 3.63) is 53.1 Å². The number of ether oxygens (including phenoxy) is 2. The fraction of sp³-hybridized carbons (Fsp3) is 0.350. The first-order valence-corrected chi connectivity index (χ1v) is 10.2. The molecule has 0 aromatic heterocycles. The molecule has 0 fully saturated rings. The molecule has 1 N–H and O–H groups in total.